The van der Waals surface area contributed by atoms with Crippen molar-refractivity contribution in [2.45, 2.75) is 18.6 Å². The molecule has 0 aromatic heterocycles. The lowest BCUT2D eigenvalue weighted by molar-refractivity contribution is 0.116. The van der Waals surface area contributed by atoms with Gasteiger partial charge in [-0.25, -0.2) is 0 Å². The van der Waals surface area contributed by atoms with Crippen LogP contribution in [0.2, 0.25) is 6.04 Å². The molecule has 2 rings (SSSR count). The Labute approximate surface area is 116 Å². The average Bonchev–Trinajstić information content (AvgIpc) is 3.28. The molecule has 0 aliphatic carbocycles. The highest BCUT2D eigenvalue weighted by Crippen LogP contribution is 2.16. The van der Waals surface area contributed by atoms with Crippen LogP contribution in [0.3, 0.4) is 0 Å². The molecule has 2 atom stereocenters. The molecule has 1 fully saturated rings. The third kappa shape index (κ3) is 4.01. The van der Waals surface area contributed by atoms with Crippen LogP contribution in [0.4, 0.5) is 0 Å². The molecule has 4 heteroatoms. The molecule has 1 saturated heterocycles. The standard InChI is InChI=1S/C15H22O3Si/c1-3-19(16-2,15-8-5-4-6-9-15)11-7-10-17-12-14-13-18-14/h3-6,8-9,14H,1,7,10-13H2,2H3. The van der Waals surface area contributed by atoms with E-state index >= 15 is 0 Å². The number of ether oxygens (including phenoxy) is 2. The molecule has 0 bridgehead atoms. The highest BCUT2D eigenvalue weighted by atomic mass is 28.4. The topological polar surface area (TPSA) is 31.0 Å². The lowest BCUT2D eigenvalue weighted by atomic mass is 10.4. The van der Waals surface area contributed by atoms with Crippen molar-refractivity contribution in [3.63, 3.8) is 0 Å². The molecule has 3 nitrogen and oxygen atoms in total. The van der Waals surface area contributed by atoms with Gasteiger partial charge in [0.15, 0.2) is 0 Å². The van der Waals surface area contributed by atoms with E-state index in [1.165, 1.54) is 5.19 Å². The lowest BCUT2D eigenvalue weighted by Gasteiger charge is -2.26. The molecule has 19 heavy (non-hydrogen) atoms. The molecule has 0 radical (unpaired) electrons. The predicted molar refractivity (Wildman–Crippen MR) is 79.0 cm³/mol. The molecule has 1 heterocycles. The summed E-state index contributed by atoms with van der Waals surface area (Å²) in [6.07, 6.45) is 1.34. The monoisotopic (exact) mass is 278 g/mol. The number of hydrogen-bond acceptors (Lipinski definition) is 3. The Morgan fingerprint density at radius 2 is 2.16 bits per heavy atom. The van der Waals surface area contributed by atoms with Gasteiger partial charge in [0.05, 0.1) is 13.2 Å². The summed E-state index contributed by atoms with van der Waals surface area (Å²) in [5, 5.41) is 1.28. The average molecular weight is 278 g/mol. The Bertz CT molecular complexity index is 392. The molecule has 1 aromatic rings. The SMILES string of the molecule is C=C[Si](CCCOCC1CO1)(OC)c1ccccc1. The van der Waals surface area contributed by atoms with Gasteiger partial charge in [-0.15, -0.1) is 6.58 Å². The van der Waals surface area contributed by atoms with Crippen LogP contribution in [0.5, 0.6) is 0 Å². The Hall–Kier alpha value is -0.943. The first-order valence-electron chi connectivity index (χ1n) is 6.74. The first-order chi connectivity index (χ1) is 9.30. The van der Waals surface area contributed by atoms with Crippen molar-refractivity contribution in [3.8, 4) is 0 Å². The third-order valence-electron chi connectivity index (χ3n) is 3.50. The largest absolute Gasteiger partial charge is 0.412 e. The van der Waals surface area contributed by atoms with Crippen molar-refractivity contribution < 1.29 is 13.9 Å². The number of rotatable bonds is 9. The molecular formula is C15H22O3Si. The molecule has 1 aliphatic heterocycles. The van der Waals surface area contributed by atoms with Crippen molar-refractivity contribution in [2.24, 2.45) is 0 Å². The highest BCUT2D eigenvalue weighted by Gasteiger charge is 2.32. The Morgan fingerprint density at radius 3 is 2.74 bits per heavy atom. The zero-order valence-electron chi connectivity index (χ0n) is 11.5. The quantitative estimate of drug-likeness (QED) is 0.393. The van der Waals surface area contributed by atoms with E-state index in [9.17, 15) is 0 Å². The summed E-state index contributed by atoms with van der Waals surface area (Å²) in [6.45, 7) is 6.33. The van der Waals surface area contributed by atoms with Gasteiger partial charge in [0, 0.05) is 13.7 Å². The summed E-state index contributed by atoms with van der Waals surface area (Å²) < 4.78 is 16.5. The summed E-state index contributed by atoms with van der Waals surface area (Å²) in [6, 6.07) is 11.4. The zero-order chi connectivity index (χ0) is 13.6. The van der Waals surface area contributed by atoms with E-state index < -0.39 is 8.32 Å². The van der Waals surface area contributed by atoms with E-state index in [0.29, 0.717) is 6.10 Å². The van der Waals surface area contributed by atoms with Crippen molar-refractivity contribution in [3.05, 3.63) is 42.6 Å². The Morgan fingerprint density at radius 1 is 1.42 bits per heavy atom. The minimum atomic E-state index is -2.03. The van der Waals surface area contributed by atoms with Gasteiger partial charge < -0.3 is 13.9 Å². The third-order valence-corrected chi connectivity index (χ3v) is 7.29. The first-order valence-corrected chi connectivity index (χ1v) is 8.93. The van der Waals surface area contributed by atoms with Gasteiger partial charge in [0.2, 0.25) is 8.32 Å². The smallest absolute Gasteiger partial charge is 0.247 e. The van der Waals surface area contributed by atoms with Crippen molar-refractivity contribution in [2.75, 3.05) is 26.9 Å². The maximum atomic E-state index is 5.85. The van der Waals surface area contributed by atoms with Gasteiger partial charge in [-0.3, -0.25) is 0 Å². The van der Waals surface area contributed by atoms with Gasteiger partial charge in [-0.2, -0.15) is 0 Å². The van der Waals surface area contributed by atoms with E-state index in [2.05, 4.69) is 30.8 Å². The number of benzene rings is 1. The van der Waals surface area contributed by atoms with Gasteiger partial charge >= 0.3 is 0 Å². The lowest BCUT2D eigenvalue weighted by Crippen LogP contribution is -2.48. The second kappa shape index (κ2) is 7.00. The van der Waals surface area contributed by atoms with Crippen LogP contribution in [0.1, 0.15) is 6.42 Å². The Kier molecular flexibility index (Phi) is 5.33. The summed E-state index contributed by atoms with van der Waals surface area (Å²) in [4.78, 5) is 0. The van der Waals surface area contributed by atoms with Crippen molar-refractivity contribution in [1.29, 1.82) is 0 Å². The van der Waals surface area contributed by atoms with Crippen LogP contribution in [-0.4, -0.2) is 41.4 Å². The molecule has 1 aliphatic rings. The van der Waals surface area contributed by atoms with Crippen LogP contribution in [-0.2, 0) is 13.9 Å². The van der Waals surface area contributed by atoms with Crippen LogP contribution in [0, 0.1) is 0 Å². The molecule has 0 N–H and O–H groups in total. The minimum absolute atomic E-state index is 0.345. The van der Waals surface area contributed by atoms with Crippen molar-refractivity contribution >= 4 is 13.5 Å². The van der Waals surface area contributed by atoms with Gasteiger partial charge in [-0.05, 0) is 17.7 Å². The van der Waals surface area contributed by atoms with E-state index in [1.54, 1.807) is 7.11 Å². The van der Waals surface area contributed by atoms with Crippen LogP contribution < -0.4 is 5.19 Å². The number of hydrogen-bond donors (Lipinski definition) is 0. The van der Waals surface area contributed by atoms with Gasteiger partial charge in [0.25, 0.3) is 0 Å². The van der Waals surface area contributed by atoms with E-state index in [-0.39, 0.29) is 0 Å². The maximum absolute atomic E-state index is 5.85. The molecule has 1 aromatic carbocycles. The zero-order valence-corrected chi connectivity index (χ0v) is 12.5. The van der Waals surface area contributed by atoms with Gasteiger partial charge in [-0.1, -0.05) is 36.0 Å². The summed E-state index contributed by atoms with van der Waals surface area (Å²) in [5.74, 6) is 0. The van der Waals surface area contributed by atoms with E-state index in [1.807, 2.05) is 11.8 Å². The summed E-state index contributed by atoms with van der Waals surface area (Å²) in [5.41, 5.74) is 2.02. The molecule has 0 saturated carbocycles. The second-order valence-electron chi connectivity index (χ2n) is 4.80. The summed E-state index contributed by atoms with van der Waals surface area (Å²) in [7, 11) is -0.237. The second-order valence-corrected chi connectivity index (χ2v) is 8.47. The molecule has 104 valence electrons. The minimum Gasteiger partial charge on any atom is -0.412 e. The maximum Gasteiger partial charge on any atom is 0.247 e. The van der Waals surface area contributed by atoms with Crippen molar-refractivity contribution in [1.82, 2.24) is 0 Å². The molecule has 0 amide bonds. The number of epoxide rings is 1. The fourth-order valence-corrected chi connectivity index (χ4v) is 4.96. The van der Waals surface area contributed by atoms with Crippen LogP contribution >= 0.6 is 0 Å². The normalized spacial score (nSPS) is 20.8. The van der Waals surface area contributed by atoms with Gasteiger partial charge in [0.1, 0.15) is 6.10 Å². The predicted octanol–water partition coefficient (Wildman–Crippen LogP) is 2.02. The fourth-order valence-electron chi connectivity index (χ4n) is 2.20. The van der Waals surface area contributed by atoms with E-state index in [4.69, 9.17) is 13.9 Å². The molecular weight excluding hydrogens is 256 g/mol. The van der Waals surface area contributed by atoms with Crippen LogP contribution in [0.15, 0.2) is 42.6 Å². The first kappa shape index (κ1) is 14.5. The van der Waals surface area contributed by atoms with Crippen LogP contribution in [0.25, 0.3) is 0 Å². The molecule has 2 unspecified atom stereocenters. The highest BCUT2D eigenvalue weighted by molar-refractivity contribution is 6.90. The summed E-state index contributed by atoms with van der Waals surface area (Å²) >= 11 is 0. The van der Waals surface area contributed by atoms with E-state index in [0.717, 1.165) is 32.3 Å². The fraction of sp³-hybridized carbons (Fsp3) is 0.467. The molecule has 0 spiro atoms. The Balaban J connectivity index is 1.85.